The van der Waals surface area contributed by atoms with Gasteiger partial charge in [0.15, 0.2) is 11.6 Å². The summed E-state index contributed by atoms with van der Waals surface area (Å²) >= 11 is 7.02. The Morgan fingerprint density at radius 2 is 1.48 bits per heavy atom. The van der Waals surface area contributed by atoms with E-state index in [1.165, 1.54) is 0 Å². The van der Waals surface area contributed by atoms with E-state index in [9.17, 15) is 19.3 Å². The lowest BCUT2D eigenvalue weighted by molar-refractivity contribution is 0.490. The van der Waals surface area contributed by atoms with Crippen LogP contribution in [0.4, 0.5) is 20.2 Å². The van der Waals surface area contributed by atoms with Crippen molar-refractivity contribution < 1.29 is 8.78 Å². The standard InChI is InChI=1S/C20H10ClF2N3S/c21-15-8-4-5-9-16(15)27-20-18(23)17(22)13(10-24)14(11-25)19(20)26-12-6-2-1-3-7-12/h1-9,26H. The first-order chi connectivity index (χ1) is 13.1. The van der Waals surface area contributed by atoms with Crippen molar-refractivity contribution >= 4 is 34.7 Å². The molecule has 3 rings (SSSR count). The number of rotatable bonds is 4. The molecule has 3 nitrogen and oxygen atoms in total. The Morgan fingerprint density at radius 1 is 0.852 bits per heavy atom. The van der Waals surface area contributed by atoms with E-state index in [1.807, 2.05) is 0 Å². The van der Waals surface area contributed by atoms with Crippen LogP contribution in [0.15, 0.2) is 64.4 Å². The van der Waals surface area contributed by atoms with Crippen LogP contribution in [0, 0.1) is 34.3 Å². The first-order valence-corrected chi connectivity index (χ1v) is 8.85. The van der Waals surface area contributed by atoms with Crippen LogP contribution in [0.25, 0.3) is 0 Å². The van der Waals surface area contributed by atoms with Crippen molar-refractivity contribution in [3.8, 4) is 12.1 Å². The molecule has 0 bridgehead atoms. The third-order valence-corrected chi connectivity index (χ3v) is 5.26. The fourth-order valence-corrected chi connectivity index (χ4v) is 3.62. The zero-order chi connectivity index (χ0) is 19.4. The Balaban J connectivity index is 2.24. The lowest BCUT2D eigenvalue weighted by atomic mass is 10.1. The molecular weight excluding hydrogens is 388 g/mol. The van der Waals surface area contributed by atoms with Gasteiger partial charge in [-0.25, -0.2) is 8.78 Å². The summed E-state index contributed by atoms with van der Waals surface area (Å²) in [6.07, 6.45) is 0. The highest BCUT2D eigenvalue weighted by Gasteiger charge is 2.26. The van der Waals surface area contributed by atoms with Gasteiger partial charge in [-0.05, 0) is 24.3 Å². The maximum atomic E-state index is 14.8. The number of halogens is 3. The monoisotopic (exact) mass is 397 g/mol. The third kappa shape index (κ3) is 3.73. The molecule has 0 unspecified atom stereocenters. The van der Waals surface area contributed by atoms with Crippen molar-refractivity contribution in [2.24, 2.45) is 0 Å². The van der Waals surface area contributed by atoms with Gasteiger partial charge in [0, 0.05) is 10.6 Å². The molecule has 0 aromatic heterocycles. The minimum Gasteiger partial charge on any atom is -0.353 e. The summed E-state index contributed by atoms with van der Waals surface area (Å²) in [6, 6.07) is 18.8. The van der Waals surface area contributed by atoms with Gasteiger partial charge in [-0.15, -0.1) is 0 Å². The molecule has 1 N–H and O–H groups in total. The topological polar surface area (TPSA) is 59.6 Å². The Kier molecular flexibility index (Phi) is 5.61. The van der Waals surface area contributed by atoms with Gasteiger partial charge >= 0.3 is 0 Å². The molecule has 0 fully saturated rings. The van der Waals surface area contributed by atoms with Crippen LogP contribution in [0.5, 0.6) is 0 Å². The first kappa shape index (κ1) is 18.7. The number of nitrogens with one attached hydrogen (secondary N) is 1. The van der Waals surface area contributed by atoms with Gasteiger partial charge in [0.1, 0.15) is 17.7 Å². The lowest BCUT2D eigenvalue weighted by Gasteiger charge is -2.16. The van der Waals surface area contributed by atoms with Gasteiger partial charge in [0.2, 0.25) is 0 Å². The molecule has 0 amide bonds. The van der Waals surface area contributed by atoms with Gasteiger partial charge in [0.25, 0.3) is 0 Å². The summed E-state index contributed by atoms with van der Waals surface area (Å²) in [5.41, 5.74) is -0.333. The SMILES string of the molecule is N#Cc1c(F)c(F)c(Sc2ccccc2Cl)c(Nc2ccccc2)c1C#N. The summed E-state index contributed by atoms with van der Waals surface area (Å²) in [5, 5.41) is 22.0. The van der Waals surface area contributed by atoms with Crippen molar-refractivity contribution in [2.45, 2.75) is 9.79 Å². The average molecular weight is 398 g/mol. The molecule has 0 aliphatic rings. The largest absolute Gasteiger partial charge is 0.353 e. The summed E-state index contributed by atoms with van der Waals surface area (Å²) in [6.45, 7) is 0. The van der Waals surface area contributed by atoms with Crippen LogP contribution in [-0.4, -0.2) is 0 Å². The van der Waals surface area contributed by atoms with Crippen LogP contribution < -0.4 is 5.32 Å². The molecule has 0 aliphatic carbocycles. The van der Waals surface area contributed by atoms with Crippen LogP contribution in [0.2, 0.25) is 5.02 Å². The molecule has 7 heteroatoms. The van der Waals surface area contributed by atoms with Gasteiger partial charge in [0.05, 0.1) is 21.2 Å². The van der Waals surface area contributed by atoms with Crippen molar-refractivity contribution in [3.05, 3.63) is 82.4 Å². The molecule has 0 spiro atoms. The van der Waals surface area contributed by atoms with Gasteiger partial charge < -0.3 is 5.32 Å². The van der Waals surface area contributed by atoms with Crippen molar-refractivity contribution in [3.63, 3.8) is 0 Å². The number of benzene rings is 3. The molecular formula is C20H10ClF2N3S. The molecule has 0 aliphatic heterocycles. The highest BCUT2D eigenvalue weighted by atomic mass is 35.5. The van der Waals surface area contributed by atoms with Crippen LogP contribution in [0.1, 0.15) is 11.1 Å². The molecule has 27 heavy (non-hydrogen) atoms. The van der Waals surface area contributed by atoms with E-state index in [-0.39, 0.29) is 16.1 Å². The van der Waals surface area contributed by atoms with E-state index in [0.29, 0.717) is 15.6 Å². The van der Waals surface area contributed by atoms with Gasteiger partial charge in [-0.1, -0.05) is 53.7 Å². The Labute approximate surface area is 163 Å². The minimum atomic E-state index is -1.36. The molecule has 0 heterocycles. The number of hydrogen-bond acceptors (Lipinski definition) is 4. The first-order valence-electron chi connectivity index (χ1n) is 7.66. The van der Waals surface area contributed by atoms with Gasteiger partial charge in [-0.3, -0.25) is 0 Å². The highest BCUT2D eigenvalue weighted by Crippen LogP contribution is 2.43. The number of anilines is 2. The van der Waals surface area contributed by atoms with E-state index >= 15 is 0 Å². The fourth-order valence-electron chi connectivity index (χ4n) is 2.40. The molecule has 0 radical (unpaired) electrons. The minimum absolute atomic E-state index is 0.0177. The van der Waals surface area contributed by atoms with E-state index in [4.69, 9.17) is 11.6 Å². The highest BCUT2D eigenvalue weighted by molar-refractivity contribution is 7.99. The van der Waals surface area contributed by atoms with E-state index in [1.54, 1.807) is 66.7 Å². The second-order valence-electron chi connectivity index (χ2n) is 5.33. The van der Waals surface area contributed by atoms with E-state index in [2.05, 4.69) is 5.32 Å². The molecule has 0 saturated carbocycles. The number of hydrogen-bond donors (Lipinski definition) is 1. The maximum absolute atomic E-state index is 14.8. The smallest absolute Gasteiger partial charge is 0.179 e. The quantitative estimate of drug-likeness (QED) is 0.564. The lowest BCUT2D eigenvalue weighted by Crippen LogP contribution is -2.05. The molecule has 3 aromatic carbocycles. The summed E-state index contributed by atoms with van der Waals surface area (Å²) in [5.74, 6) is -2.57. The summed E-state index contributed by atoms with van der Waals surface area (Å²) in [7, 11) is 0. The molecule has 0 atom stereocenters. The Bertz CT molecular complexity index is 1090. The number of para-hydroxylation sites is 1. The summed E-state index contributed by atoms with van der Waals surface area (Å²) in [4.78, 5) is 0.335. The molecule has 3 aromatic rings. The van der Waals surface area contributed by atoms with Crippen LogP contribution in [0.3, 0.4) is 0 Å². The van der Waals surface area contributed by atoms with Gasteiger partial charge in [-0.2, -0.15) is 10.5 Å². The fraction of sp³-hybridized carbons (Fsp3) is 0. The molecule has 0 saturated heterocycles. The molecule has 132 valence electrons. The second kappa shape index (κ2) is 8.09. The van der Waals surface area contributed by atoms with Crippen LogP contribution >= 0.6 is 23.4 Å². The maximum Gasteiger partial charge on any atom is 0.179 e. The third-order valence-electron chi connectivity index (χ3n) is 3.65. The van der Waals surface area contributed by atoms with Crippen LogP contribution in [-0.2, 0) is 0 Å². The number of nitriles is 2. The van der Waals surface area contributed by atoms with Crippen molar-refractivity contribution in [1.29, 1.82) is 10.5 Å². The normalized spacial score (nSPS) is 10.1. The van der Waals surface area contributed by atoms with Crippen molar-refractivity contribution in [1.82, 2.24) is 0 Å². The zero-order valence-corrected chi connectivity index (χ0v) is 15.2. The zero-order valence-electron chi connectivity index (χ0n) is 13.6. The second-order valence-corrected chi connectivity index (χ2v) is 6.79. The Morgan fingerprint density at radius 3 is 2.11 bits per heavy atom. The summed E-state index contributed by atoms with van der Waals surface area (Å²) < 4.78 is 29.2. The predicted molar refractivity (Wildman–Crippen MR) is 101 cm³/mol. The number of nitrogens with zero attached hydrogens (tertiary/aromatic N) is 2. The van der Waals surface area contributed by atoms with Crippen molar-refractivity contribution in [2.75, 3.05) is 5.32 Å². The van der Waals surface area contributed by atoms with E-state index < -0.39 is 17.2 Å². The van der Waals surface area contributed by atoms with E-state index in [0.717, 1.165) is 11.8 Å². The predicted octanol–water partition coefficient (Wildman–Crippen LogP) is 6.26. The average Bonchev–Trinajstić information content (AvgIpc) is 2.69. The Hall–Kier alpha value is -3.06.